The lowest BCUT2D eigenvalue weighted by atomic mass is 9.90. The fourth-order valence-electron chi connectivity index (χ4n) is 5.12. The molecule has 0 spiro atoms. The lowest BCUT2D eigenvalue weighted by Gasteiger charge is -2.34. The number of nitrogens with zero attached hydrogens (tertiary/aromatic N) is 2. The topological polar surface area (TPSA) is 49.6 Å². The molecule has 2 aromatic rings. The number of benzene rings is 2. The van der Waals surface area contributed by atoms with E-state index in [4.69, 9.17) is 4.79 Å². The number of halogens is 6. The van der Waals surface area contributed by atoms with E-state index in [9.17, 15) is 26.3 Å². The van der Waals surface area contributed by atoms with Crippen LogP contribution in [0.25, 0.3) is 16.8 Å². The maximum atomic E-state index is 14.8. The molecule has 0 aliphatic carbocycles. The molecule has 0 aromatic heterocycles. The summed E-state index contributed by atoms with van der Waals surface area (Å²) in [7, 11) is 1.50. The van der Waals surface area contributed by atoms with Gasteiger partial charge in [-0.3, -0.25) is 4.90 Å². The standard InChI is InChI=1S/C28H32F6N2.CH5N.CH2O/c1-20(36-14-2-3-15-36)25-11-10-24(18-26(25)29)23-8-6-21(7-9-23)4-5-22-12-16-35(17-13-22)19-27(30,31)28(32,33)34;2*1-2/h6-11,18,22H,1-5,12-17,19H2;2H2,1H3;1H2. The monoisotopic (exact) mass is 571 g/mol. The number of carbonyl (C=O) groups excluding carboxylic acids is 1. The SMILES string of the molecule is C=C(c1ccc(-c2ccc(CCC3CCN(CC(F)(F)C(F)(F)F)CC3)cc2)cc1F)N1CCCC1.C=O.CN. The van der Waals surface area contributed by atoms with Crippen LogP contribution in [0.2, 0.25) is 0 Å². The number of hydrogen-bond donors (Lipinski definition) is 1. The molecule has 40 heavy (non-hydrogen) atoms. The first-order chi connectivity index (χ1) is 19.0. The number of carbonyl (C=O) groups is 1. The highest BCUT2D eigenvalue weighted by Gasteiger charge is 2.58. The van der Waals surface area contributed by atoms with Gasteiger partial charge in [0.2, 0.25) is 0 Å². The molecule has 222 valence electrons. The molecule has 0 saturated carbocycles. The molecule has 0 bridgehead atoms. The van der Waals surface area contributed by atoms with Gasteiger partial charge in [-0.25, -0.2) is 4.39 Å². The van der Waals surface area contributed by atoms with Crippen LogP contribution >= 0.6 is 0 Å². The first kappa shape index (κ1) is 33.4. The number of rotatable bonds is 8. The third kappa shape index (κ3) is 8.83. The van der Waals surface area contributed by atoms with Gasteiger partial charge in [-0.1, -0.05) is 36.9 Å². The predicted octanol–water partition coefficient (Wildman–Crippen LogP) is 6.79. The van der Waals surface area contributed by atoms with Crippen LogP contribution in [0.5, 0.6) is 0 Å². The van der Waals surface area contributed by atoms with E-state index >= 15 is 0 Å². The molecule has 2 heterocycles. The summed E-state index contributed by atoms with van der Waals surface area (Å²) in [5.41, 5.74) is 8.58. The number of hydrogen-bond acceptors (Lipinski definition) is 4. The predicted molar refractivity (Wildman–Crippen MR) is 147 cm³/mol. The zero-order valence-corrected chi connectivity index (χ0v) is 23.0. The summed E-state index contributed by atoms with van der Waals surface area (Å²) < 4.78 is 78.7. The third-order valence-corrected chi connectivity index (χ3v) is 7.44. The summed E-state index contributed by atoms with van der Waals surface area (Å²) in [6, 6.07) is 13.2. The van der Waals surface area contributed by atoms with Gasteiger partial charge in [-0.2, -0.15) is 22.0 Å². The second kappa shape index (κ2) is 15.2. The Hall–Kier alpha value is -2.85. The summed E-state index contributed by atoms with van der Waals surface area (Å²) in [5.74, 6) is -4.66. The van der Waals surface area contributed by atoms with Crippen molar-refractivity contribution >= 4 is 12.5 Å². The molecule has 0 radical (unpaired) electrons. The van der Waals surface area contributed by atoms with Crippen molar-refractivity contribution in [3.05, 3.63) is 66.0 Å². The normalized spacial score (nSPS) is 16.6. The summed E-state index contributed by atoms with van der Waals surface area (Å²) >= 11 is 0. The van der Waals surface area contributed by atoms with Crippen LogP contribution in [0.3, 0.4) is 0 Å². The number of nitrogens with two attached hydrogens (primary N) is 1. The Morgan fingerprint density at radius 1 is 0.900 bits per heavy atom. The summed E-state index contributed by atoms with van der Waals surface area (Å²) in [6.07, 6.45) is -0.430. The Balaban J connectivity index is 0.00000134. The Labute approximate surface area is 232 Å². The lowest BCUT2D eigenvalue weighted by molar-refractivity contribution is -0.287. The zero-order valence-electron chi connectivity index (χ0n) is 23.0. The smallest absolute Gasteiger partial charge is 0.371 e. The minimum absolute atomic E-state index is 0.251. The van der Waals surface area contributed by atoms with Crippen LogP contribution < -0.4 is 5.73 Å². The van der Waals surface area contributed by atoms with Gasteiger partial charge in [0.15, 0.2) is 0 Å². The molecule has 2 aliphatic heterocycles. The van der Waals surface area contributed by atoms with Crippen LogP contribution in [-0.4, -0.2) is 68.5 Å². The first-order valence-corrected chi connectivity index (χ1v) is 13.4. The van der Waals surface area contributed by atoms with Crippen LogP contribution in [0, 0.1) is 11.7 Å². The minimum atomic E-state index is -5.51. The zero-order chi connectivity index (χ0) is 29.9. The molecular formula is C30H39F6N3O. The Kier molecular flexibility index (Phi) is 12.7. The molecule has 2 fully saturated rings. The third-order valence-electron chi connectivity index (χ3n) is 7.44. The van der Waals surface area contributed by atoms with E-state index in [1.54, 1.807) is 12.1 Å². The molecule has 2 aromatic carbocycles. The van der Waals surface area contributed by atoms with Crippen molar-refractivity contribution in [3.63, 3.8) is 0 Å². The van der Waals surface area contributed by atoms with Gasteiger partial charge in [-0.05, 0) is 93.4 Å². The molecule has 0 unspecified atom stereocenters. The van der Waals surface area contributed by atoms with Crippen molar-refractivity contribution < 1.29 is 31.1 Å². The van der Waals surface area contributed by atoms with Crippen molar-refractivity contribution in [1.29, 1.82) is 0 Å². The average molecular weight is 572 g/mol. The van der Waals surface area contributed by atoms with Crippen molar-refractivity contribution in [2.24, 2.45) is 11.7 Å². The maximum Gasteiger partial charge on any atom is 0.454 e. The highest BCUT2D eigenvalue weighted by Crippen LogP contribution is 2.37. The van der Waals surface area contributed by atoms with Crippen LogP contribution in [0.4, 0.5) is 26.3 Å². The number of likely N-dealkylation sites (tertiary alicyclic amines) is 2. The van der Waals surface area contributed by atoms with E-state index in [0.29, 0.717) is 24.3 Å². The fourth-order valence-corrected chi connectivity index (χ4v) is 5.12. The fraction of sp³-hybridized carbons (Fsp3) is 0.500. The summed E-state index contributed by atoms with van der Waals surface area (Å²) in [5, 5.41) is 0. The van der Waals surface area contributed by atoms with Gasteiger partial charge >= 0.3 is 12.1 Å². The molecule has 2 aliphatic rings. The summed E-state index contributed by atoms with van der Waals surface area (Å²) in [6.45, 7) is 7.13. The van der Waals surface area contributed by atoms with Crippen LogP contribution in [0.1, 0.15) is 43.2 Å². The highest BCUT2D eigenvalue weighted by atomic mass is 19.4. The molecule has 2 N–H and O–H groups in total. The van der Waals surface area contributed by atoms with Crippen molar-refractivity contribution in [1.82, 2.24) is 9.80 Å². The van der Waals surface area contributed by atoms with Gasteiger partial charge < -0.3 is 15.4 Å². The van der Waals surface area contributed by atoms with Gasteiger partial charge in [0.05, 0.1) is 6.54 Å². The van der Waals surface area contributed by atoms with E-state index in [-0.39, 0.29) is 18.9 Å². The molecule has 2 saturated heterocycles. The number of piperidine rings is 1. The van der Waals surface area contributed by atoms with Crippen LogP contribution in [0.15, 0.2) is 49.0 Å². The Morgan fingerprint density at radius 2 is 1.45 bits per heavy atom. The van der Waals surface area contributed by atoms with E-state index in [2.05, 4.69) is 17.2 Å². The van der Waals surface area contributed by atoms with E-state index < -0.39 is 18.6 Å². The van der Waals surface area contributed by atoms with Gasteiger partial charge in [0.1, 0.15) is 12.6 Å². The molecule has 4 rings (SSSR count). The molecule has 0 atom stereocenters. The maximum absolute atomic E-state index is 14.8. The minimum Gasteiger partial charge on any atom is -0.371 e. The second-order valence-corrected chi connectivity index (χ2v) is 9.99. The average Bonchev–Trinajstić information content (AvgIpc) is 3.49. The molecule has 0 amide bonds. The number of alkyl halides is 5. The van der Waals surface area contributed by atoms with E-state index in [1.165, 1.54) is 11.9 Å². The first-order valence-electron chi connectivity index (χ1n) is 13.4. The number of aryl methyl sites for hydroxylation is 1. The molecular weight excluding hydrogens is 532 g/mol. The Morgan fingerprint density at radius 3 is 1.98 bits per heavy atom. The van der Waals surface area contributed by atoms with E-state index in [0.717, 1.165) is 61.2 Å². The quantitative estimate of drug-likeness (QED) is 0.355. The molecule has 10 heteroatoms. The lowest BCUT2D eigenvalue weighted by Crippen LogP contribution is -2.49. The van der Waals surface area contributed by atoms with Crippen molar-refractivity contribution in [2.75, 3.05) is 39.8 Å². The second-order valence-electron chi connectivity index (χ2n) is 9.99. The highest BCUT2D eigenvalue weighted by molar-refractivity contribution is 5.69. The Bertz CT molecular complexity index is 1060. The van der Waals surface area contributed by atoms with Gasteiger partial charge in [0.25, 0.3) is 0 Å². The van der Waals surface area contributed by atoms with Crippen molar-refractivity contribution in [3.8, 4) is 11.1 Å². The van der Waals surface area contributed by atoms with E-state index in [1.807, 2.05) is 37.1 Å². The van der Waals surface area contributed by atoms with Crippen molar-refractivity contribution in [2.45, 2.75) is 50.6 Å². The van der Waals surface area contributed by atoms with Gasteiger partial charge in [-0.15, -0.1) is 0 Å². The molecule has 4 nitrogen and oxygen atoms in total. The van der Waals surface area contributed by atoms with Crippen LogP contribution in [-0.2, 0) is 11.2 Å². The largest absolute Gasteiger partial charge is 0.454 e. The summed E-state index contributed by atoms with van der Waals surface area (Å²) in [4.78, 5) is 11.3. The van der Waals surface area contributed by atoms with Gasteiger partial charge in [0, 0.05) is 24.4 Å².